The lowest BCUT2D eigenvalue weighted by Gasteiger charge is -2.10. The summed E-state index contributed by atoms with van der Waals surface area (Å²) in [5.74, 6) is 0.605. The zero-order chi connectivity index (χ0) is 15.4. The van der Waals surface area contributed by atoms with Gasteiger partial charge in [-0.2, -0.15) is 0 Å². The predicted molar refractivity (Wildman–Crippen MR) is 79.3 cm³/mol. The summed E-state index contributed by atoms with van der Waals surface area (Å²) in [6, 6.07) is 3.62. The van der Waals surface area contributed by atoms with Crippen LogP contribution < -0.4 is 5.32 Å². The Morgan fingerprint density at radius 2 is 2.00 bits per heavy atom. The molecule has 0 amide bonds. The zero-order valence-electron chi connectivity index (χ0n) is 11.6. The van der Waals surface area contributed by atoms with E-state index in [0.29, 0.717) is 12.4 Å². The molecule has 8 heteroatoms. The van der Waals surface area contributed by atoms with E-state index in [1.165, 1.54) is 0 Å². The van der Waals surface area contributed by atoms with E-state index in [0.717, 1.165) is 5.56 Å². The molecule has 7 nitrogen and oxygen atoms in total. The number of pyridine rings is 1. The van der Waals surface area contributed by atoms with E-state index in [1.807, 2.05) is 26.0 Å². The summed E-state index contributed by atoms with van der Waals surface area (Å²) >= 11 is 5.91. The van der Waals surface area contributed by atoms with Crippen molar-refractivity contribution in [3.63, 3.8) is 0 Å². The number of nitro groups is 1. The van der Waals surface area contributed by atoms with E-state index in [1.54, 1.807) is 12.4 Å². The Labute approximate surface area is 126 Å². The minimum Gasteiger partial charge on any atom is -0.360 e. The van der Waals surface area contributed by atoms with Gasteiger partial charge in [0.2, 0.25) is 11.0 Å². The fourth-order valence-corrected chi connectivity index (χ4v) is 1.92. The molecule has 2 aromatic heterocycles. The van der Waals surface area contributed by atoms with Crippen molar-refractivity contribution in [1.29, 1.82) is 0 Å². The second-order valence-corrected chi connectivity index (χ2v) is 5.05. The van der Waals surface area contributed by atoms with Crippen molar-refractivity contribution in [2.45, 2.75) is 26.3 Å². The fraction of sp³-hybridized carbons (Fsp3) is 0.308. The number of hydrogen-bond donors (Lipinski definition) is 1. The lowest BCUT2D eigenvalue weighted by molar-refractivity contribution is -0.384. The number of aromatic nitrogens is 3. The van der Waals surface area contributed by atoms with Gasteiger partial charge < -0.3 is 5.32 Å². The molecular formula is C13H14ClN5O2. The maximum absolute atomic E-state index is 11.1. The first-order valence-corrected chi connectivity index (χ1v) is 6.71. The molecule has 2 aromatic rings. The molecule has 110 valence electrons. The minimum absolute atomic E-state index is 0.0183. The third-order valence-electron chi connectivity index (χ3n) is 2.77. The van der Waals surface area contributed by atoms with Crippen LogP contribution in [-0.2, 0) is 6.54 Å². The molecule has 1 N–H and O–H groups in total. The number of rotatable bonds is 5. The van der Waals surface area contributed by atoms with Gasteiger partial charge in [-0.05, 0) is 17.7 Å². The van der Waals surface area contributed by atoms with E-state index in [-0.39, 0.29) is 22.6 Å². The summed E-state index contributed by atoms with van der Waals surface area (Å²) in [5, 5.41) is 13.9. The quantitative estimate of drug-likeness (QED) is 0.518. The summed E-state index contributed by atoms with van der Waals surface area (Å²) in [7, 11) is 0. The summed E-state index contributed by atoms with van der Waals surface area (Å²) in [6.07, 6.45) is 3.30. The van der Waals surface area contributed by atoms with Gasteiger partial charge in [0.15, 0.2) is 0 Å². The van der Waals surface area contributed by atoms with Crippen LogP contribution in [0.15, 0.2) is 24.5 Å². The number of nitrogens with zero attached hydrogens (tertiary/aromatic N) is 4. The molecule has 0 radical (unpaired) electrons. The second kappa shape index (κ2) is 6.45. The zero-order valence-corrected chi connectivity index (χ0v) is 12.3. The molecule has 0 aromatic carbocycles. The molecule has 0 bridgehead atoms. The summed E-state index contributed by atoms with van der Waals surface area (Å²) in [5.41, 5.74) is 0.621. The Bertz CT molecular complexity index is 649. The van der Waals surface area contributed by atoms with Crippen LogP contribution in [0.4, 0.5) is 11.5 Å². The van der Waals surface area contributed by atoms with Gasteiger partial charge in [-0.1, -0.05) is 25.4 Å². The van der Waals surface area contributed by atoms with Crippen molar-refractivity contribution in [3.8, 4) is 0 Å². The van der Waals surface area contributed by atoms with E-state index in [9.17, 15) is 10.1 Å². The molecular weight excluding hydrogens is 294 g/mol. The molecule has 2 rings (SSSR count). The monoisotopic (exact) mass is 307 g/mol. The van der Waals surface area contributed by atoms with E-state index < -0.39 is 4.92 Å². The highest BCUT2D eigenvalue weighted by atomic mass is 35.5. The van der Waals surface area contributed by atoms with Gasteiger partial charge in [-0.15, -0.1) is 0 Å². The second-order valence-electron chi connectivity index (χ2n) is 4.69. The van der Waals surface area contributed by atoms with Crippen LogP contribution in [0.2, 0.25) is 5.15 Å². The smallest absolute Gasteiger partial charge is 0.348 e. The highest BCUT2D eigenvalue weighted by Gasteiger charge is 2.24. The summed E-state index contributed by atoms with van der Waals surface area (Å²) < 4.78 is 0. The van der Waals surface area contributed by atoms with Gasteiger partial charge in [-0.3, -0.25) is 15.1 Å². The van der Waals surface area contributed by atoms with E-state index >= 15 is 0 Å². The molecule has 21 heavy (non-hydrogen) atoms. The molecule has 0 saturated carbocycles. The number of anilines is 1. The molecule has 0 saturated heterocycles. The average Bonchev–Trinajstić information content (AvgIpc) is 2.45. The molecule has 0 aliphatic heterocycles. The molecule has 0 unspecified atom stereocenters. The van der Waals surface area contributed by atoms with Gasteiger partial charge in [-0.25, -0.2) is 9.97 Å². The van der Waals surface area contributed by atoms with Gasteiger partial charge in [0.05, 0.1) is 4.92 Å². The van der Waals surface area contributed by atoms with Crippen LogP contribution in [0.5, 0.6) is 0 Å². The Morgan fingerprint density at radius 1 is 1.33 bits per heavy atom. The molecule has 0 aliphatic carbocycles. The van der Waals surface area contributed by atoms with Crippen LogP contribution in [0, 0.1) is 10.1 Å². The molecule has 0 fully saturated rings. The lowest BCUT2D eigenvalue weighted by Crippen LogP contribution is -2.09. The van der Waals surface area contributed by atoms with Gasteiger partial charge in [0, 0.05) is 24.9 Å². The van der Waals surface area contributed by atoms with Crippen molar-refractivity contribution >= 4 is 23.1 Å². The first kappa shape index (κ1) is 15.1. The summed E-state index contributed by atoms with van der Waals surface area (Å²) in [4.78, 5) is 22.6. The largest absolute Gasteiger partial charge is 0.360 e. The first-order valence-electron chi connectivity index (χ1n) is 6.33. The minimum atomic E-state index is -0.582. The Morgan fingerprint density at radius 3 is 2.57 bits per heavy atom. The van der Waals surface area contributed by atoms with Crippen molar-refractivity contribution in [2.24, 2.45) is 0 Å². The standard InChI is InChI=1S/C13H14ClN5O2/c1-8(2)12-17-11(14)10(19(20)21)13(18-12)16-7-9-3-5-15-6-4-9/h3-6,8H,7H2,1-2H3,(H,16,17,18). The SMILES string of the molecule is CC(C)c1nc(Cl)c([N+](=O)[O-])c(NCc2ccncc2)n1. The van der Waals surface area contributed by atoms with E-state index in [4.69, 9.17) is 11.6 Å². The summed E-state index contributed by atoms with van der Waals surface area (Å²) in [6.45, 7) is 4.17. The fourth-order valence-electron chi connectivity index (χ4n) is 1.67. The topological polar surface area (TPSA) is 93.8 Å². The maximum Gasteiger partial charge on any atom is 0.348 e. The van der Waals surface area contributed by atoms with Crippen LogP contribution in [0.3, 0.4) is 0 Å². The van der Waals surface area contributed by atoms with Crippen molar-refractivity contribution in [1.82, 2.24) is 15.0 Å². The molecule has 0 aliphatic rings. The molecule has 0 spiro atoms. The number of halogens is 1. The predicted octanol–water partition coefficient (Wildman–Crippen LogP) is 3.17. The van der Waals surface area contributed by atoms with Crippen LogP contribution >= 0.6 is 11.6 Å². The molecule has 2 heterocycles. The van der Waals surface area contributed by atoms with Gasteiger partial charge >= 0.3 is 5.69 Å². The normalized spacial score (nSPS) is 10.7. The molecule has 0 atom stereocenters. The van der Waals surface area contributed by atoms with Crippen molar-refractivity contribution in [2.75, 3.05) is 5.32 Å². The van der Waals surface area contributed by atoms with Crippen molar-refractivity contribution < 1.29 is 4.92 Å². The number of hydrogen-bond acceptors (Lipinski definition) is 6. The highest BCUT2D eigenvalue weighted by Crippen LogP contribution is 2.31. The Kier molecular flexibility index (Phi) is 4.64. The van der Waals surface area contributed by atoms with Crippen LogP contribution in [0.1, 0.15) is 31.2 Å². The highest BCUT2D eigenvalue weighted by molar-refractivity contribution is 6.31. The Hall–Kier alpha value is -2.28. The van der Waals surface area contributed by atoms with Crippen LogP contribution in [-0.4, -0.2) is 19.9 Å². The third kappa shape index (κ3) is 3.63. The van der Waals surface area contributed by atoms with Gasteiger partial charge in [0.25, 0.3) is 0 Å². The van der Waals surface area contributed by atoms with Gasteiger partial charge in [0.1, 0.15) is 5.82 Å². The lowest BCUT2D eigenvalue weighted by atomic mass is 10.2. The number of nitrogens with one attached hydrogen (secondary N) is 1. The third-order valence-corrected chi connectivity index (χ3v) is 3.03. The maximum atomic E-state index is 11.1. The van der Waals surface area contributed by atoms with Crippen molar-refractivity contribution in [3.05, 3.63) is 51.2 Å². The van der Waals surface area contributed by atoms with E-state index in [2.05, 4.69) is 20.3 Å². The Balaban J connectivity index is 2.33. The first-order chi connectivity index (χ1) is 9.99. The average molecular weight is 308 g/mol. The van der Waals surface area contributed by atoms with Crippen LogP contribution in [0.25, 0.3) is 0 Å².